The smallest absolute Gasteiger partial charge is 0.293 e. The molecule has 2 saturated carbocycles. The molecule has 2 fully saturated rings. The van der Waals surface area contributed by atoms with E-state index in [1.165, 1.54) is 0 Å². The van der Waals surface area contributed by atoms with Gasteiger partial charge in [-0.3, -0.25) is 9.59 Å². The molecule has 0 spiro atoms. The van der Waals surface area contributed by atoms with Crippen LogP contribution < -0.4 is 0 Å². The average Bonchev–Trinajstić information content (AvgIpc) is 2.57. The first-order valence-electron chi connectivity index (χ1n) is 6.21. The van der Waals surface area contributed by atoms with Crippen molar-refractivity contribution in [1.29, 1.82) is 0 Å². The van der Waals surface area contributed by atoms with E-state index in [-0.39, 0.29) is 17.4 Å². The Hall–Kier alpha value is -0.860. The van der Waals surface area contributed by atoms with E-state index in [4.69, 9.17) is 4.74 Å². The Morgan fingerprint density at radius 1 is 1.50 bits per heavy atom. The molecule has 0 aromatic carbocycles. The standard InChI is InChI=1S/C13H20O3/c1-9(16-8-14)10-5-6-11-12(15)4-3-7-13(10,11)2/h8-11H,3-7H2,1-2H3/t9-,10+,11-,13+/m0/s1. The highest BCUT2D eigenvalue weighted by molar-refractivity contribution is 5.83. The van der Waals surface area contributed by atoms with Crippen LogP contribution in [-0.4, -0.2) is 18.4 Å². The predicted molar refractivity (Wildman–Crippen MR) is 59.8 cm³/mol. The molecule has 3 heteroatoms. The monoisotopic (exact) mass is 224 g/mol. The number of carbonyl (C=O) groups excluding carboxylic acids is 2. The predicted octanol–water partition coefficient (Wildman–Crippen LogP) is 2.33. The zero-order valence-electron chi connectivity index (χ0n) is 10.1. The lowest BCUT2D eigenvalue weighted by atomic mass is 9.64. The summed E-state index contributed by atoms with van der Waals surface area (Å²) in [5, 5.41) is 0. The van der Waals surface area contributed by atoms with Gasteiger partial charge in [0.2, 0.25) is 0 Å². The highest BCUT2D eigenvalue weighted by Crippen LogP contribution is 2.55. The van der Waals surface area contributed by atoms with Gasteiger partial charge >= 0.3 is 0 Å². The molecular formula is C13H20O3. The van der Waals surface area contributed by atoms with Gasteiger partial charge in [-0.15, -0.1) is 0 Å². The van der Waals surface area contributed by atoms with Crippen molar-refractivity contribution in [2.45, 2.75) is 52.1 Å². The zero-order chi connectivity index (χ0) is 11.8. The third kappa shape index (κ3) is 1.66. The van der Waals surface area contributed by atoms with Gasteiger partial charge in [-0.05, 0) is 38.0 Å². The fourth-order valence-corrected chi connectivity index (χ4v) is 3.92. The van der Waals surface area contributed by atoms with Crippen molar-refractivity contribution >= 4 is 12.3 Å². The summed E-state index contributed by atoms with van der Waals surface area (Å²) in [5.74, 6) is 0.991. The third-order valence-electron chi connectivity index (χ3n) is 4.77. The summed E-state index contributed by atoms with van der Waals surface area (Å²) < 4.78 is 5.08. The molecule has 4 atom stereocenters. The summed E-state index contributed by atoms with van der Waals surface area (Å²) in [4.78, 5) is 22.3. The van der Waals surface area contributed by atoms with Crippen molar-refractivity contribution < 1.29 is 14.3 Å². The first kappa shape index (κ1) is 11.6. The van der Waals surface area contributed by atoms with Crippen LogP contribution in [0.25, 0.3) is 0 Å². The van der Waals surface area contributed by atoms with Gasteiger partial charge in [-0.2, -0.15) is 0 Å². The van der Waals surface area contributed by atoms with Crippen LogP contribution in [0, 0.1) is 17.3 Å². The fraction of sp³-hybridized carbons (Fsp3) is 0.846. The van der Waals surface area contributed by atoms with E-state index in [0.717, 1.165) is 32.1 Å². The first-order valence-corrected chi connectivity index (χ1v) is 6.21. The van der Waals surface area contributed by atoms with Gasteiger partial charge in [0.15, 0.2) is 0 Å². The SMILES string of the molecule is C[C@H](OC=O)[C@H]1CC[C@H]2C(=O)CCC[C@]12C. The Morgan fingerprint density at radius 2 is 2.25 bits per heavy atom. The Bertz CT molecular complexity index is 300. The van der Waals surface area contributed by atoms with Gasteiger partial charge in [0.05, 0.1) is 0 Å². The van der Waals surface area contributed by atoms with Crippen molar-refractivity contribution in [1.82, 2.24) is 0 Å². The molecule has 0 amide bonds. The maximum absolute atomic E-state index is 11.9. The Morgan fingerprint density at radius 3 is 2.94 bits per heavy atom. The van der Waals surface area contributed by atoms with Crippen molar-refractivity contribution in [3.8, 4) is 0 Å². The second kappa shape index (κ2) is 4.19. The maximum Gasteiger partial charge on any atom is 0.293 e. The topological polar surface area (TPSA) is 43.4 Å². The molecule has 0 N–H and O–H groups in total. The summed E-state index contributed by atoms with van der Waals surface area (Å²) in [6.07, 6.45) is 4.78. The molecule has 0 heterocycles. The molecule has 0 aromatic heterocycles. The molecule has 3 nitrogen and oxygen atoms in total. The number of hydrogen-bond acceptors (Lipinski definition) is 3. The van der Waals surface area contributed by atoms with Crippen LogP contribution in [0.3, 0.4) is 0 Å². The van der Waals surface area contributed by atoms with Crippen molar-refractivity contribution in [2.24, 2.45) is 17.3 Å². The number of fused-ring (bicyclic) bond motifs is 1. The van der Waals surface area contributed by atoms with E-state index in [1.807, 2.05) is 6.92 Å². The number of Topliss-reactive ketones (excluding diaryl/α,β-unsaturated/α-hetero) is 1. The third-order valence-corrected chi connectivity index (χ3v) is 4.77. The second-order valence-electron chi connectivity index (χ2n) is 5.50. The summed E-state index contributed by atoms with van der Waals surface area (Å²) >= 11 is 0. The molecule has 2 aliphatic carbocycles. The Kier molecular flexibility index (Phi) is 3.04. The Labute approximate surface area is 96.5 Å². The minimum absolute atomic E-state index is 0.0570. The molecule has 16 heavy (non-hydrogen) atoms. The van der Waals surface area contributed by atoms with Crippen LogP contribution in [0.1, 0.15) is 46.0 Å². The van der Waals surface area contributed by atoms with Gasteiger partial charge in [-0.25, -0.2) is 0 Å². The minimum Gasteiger partial charge on any atom is -0.465 e. The van der Waals surface area contributed by atoms with Crippen LogP contribution >= 0.6 is 0 Å². The van der Waals surface area contributed by atoms with E-state index in [2.05, 4.69) is 6.92 Å². The average molecular weight is 224 g/mol. The van der Waals surface area contributed by atoms with Crippen LogP contribution in [0.4, 0.5) is 0 Å². The van der Waals surface area contributed by atoms with E-state index in [9.17, 15) is 9.59 Å². The molecule has 0 unspecified atom stereocenters. The molecule has 0 aromatic rings. The second-order valence-corrected chi connectivity index (χ2v) is 5.50. The van der Waals surface area contributed by atoms with Gasteiger partial charge in [0, 0.05) is 18.3 Å². The number of ketones is 1. The summed E-state index contributed by atoms with van der Waals surface area (Å²) in [7, 11) is 0. The van der Waals surface area contributed by atoms with E-state index in [1.54, 1.807) is 0 Å². The van der Waals surface area contributed by atoms with Crippen LogP contribution in [0.15, 0.2) is 0 Å². The van der Waals surface area contributed by atoms with Gasteiger partial charge in [-0.1, -0.05) is 6.92 Å². The summed E-state index contributed by atoms with van der Waals surface area (Å²) in [5.41, 5.74) is 0.0672. The molecule has 0 bridgehead atoms. The van der Waals surface area contributed by atoms with Gasteiger partial charge in [0.25, 0.3) is 6.47 Å². The van der Waals surface area contributed by atoms with Gasteiger partial charge < -0.3 is 4.74 Å². The molecule has 0 saturated heterocycles. The molecule has 0 aliphatic heterocycles. The molecular weight excluding hydrogens is 204 g/mol. The van der Waals surface area contributed by atoms with E-state index < -0.39 is 0 Å². The lowest BCUT2D eigenvalue weighted by molar-refractivity contribution is -0.139. The highest BCUT2D eigenvalue weighted by atomic mass is 16.5. The number of rotatable bonds is 3. The number of ether oxygens (including phenoxy) is 1. The summed E-state index contributed by atoms with van der Waals surface area (Å²) in [6, 6.07) is 0. The van der Waals surface area contributed by atoms with Crippen molar-refractivity contribution in [3.63, 3.8) is 0 Å². The van der Waals surface area contributed by atoms with Gasteiger partial charge in [0.1, 0.15) is 11.9 Å². The maximum atomic E-state index is 11.9. The number of hydrogen-bond donors (Lipinski definition) is 0. The molecule has 90 valence electrons. The van der Waals surface area contributed by atoms with Crippen LogP contribution in [0.2, 0.25) is 0 Å². The highest BCUT2D eigenvalue weighted by Gasteiger charge is 2.53. The van der Waals surface area contributed by atoms with E-state index in [0.29, 0.717) is 18.2 Å². The zero-order valence-corrected chi connectivity index (χ0v) is 10.1. The fourth-order valence-electron chi connectivity index (χ4n) is 3.92. The lowest BCUT2D eigenvalue weighted by Gasteiger charge is -2.41. The normalized spacial score (nSPS) is 40.2. The van der Waals surface area contributed by atoms with Crippen molar-refractivity contribution in [3.05, 3.63) is 0 Å². The van der Waals surface area contributed by atoms with Crippen molar-refractivity contribution in [2.75, 3.05) is 0 Å². The summed E-state index contributed by atoms with van der Waals surface area (Å²) in [6.45, 7) is 4.69. The first-order chi connectivity index (χ1) is 7.59. The van der Waals surface area contributed by atoms with Crippen LogP contribution in [-0.2, 0) is 14.3 Å². The lowest BCUT2D eigenvalue weighted by Crippen LogP contribution is -2.41. The quantitative estimate of drug-likeness (QED) is 0.691. The molecule has 2 rings (SSSR count). The minimum atomic E-state index is -0.0570. The molecule has 0 radical (unpaired) electrons. The van der Waals surface area contributed by atoms with E-state index >= 15 is 0 Å². The largest absolute Gasteiger partial charge is 0.465 e. The number of carbonyl (C=O) groups is 2. The van der Waals surface area contributed by atoms with Crippen LogP contribution in [0.5, 0.6) is 0 Å². The Balaban J connectivity index is 2.17. The molecule has 2 aliphatic rings.